The zero-order valence-corrected chi connectivity index (χ0v) is 15.7. The van der Waals surface area contributed by atoms with Gasteiger partial charge in [-0.1, -0.05) is 53.6 Å². The van der Waals surface area contributed by atoms with Gasteiger partial charge >= 0.3 is 0 Å². The van der Waals surface area contributed by atoms with Crippen LogP contribution < -0.4 is 4.90 Å². The van der Waals surface area contributed by atoms with E-state index in [2.05, 4.69) is 0 Å². The Balaban J connectivity index is 1.84. The van der Waals surface area contributed by atoms with Crippen molar-refractivity contribution >= 4 is 34.7 Å². The smallest absolute Gasteiger partial charge is 0.282 e. The fraction of sp³-hybridized carbons (Fsp3) is 0.238. The standard InChI is InChI=1S/C21H19ClN2O3/c1-14-6-8-15(9-7-14)18-19(23-10-12-27-13-11-23)21(26)24(20(18)25)17-5-3-2-4-16(17)22/h2-9H,10-13H2,1H3. The monoisotopic (exact) mass is 382 g/mol. The Morgan fingerprint density at radius 3 is 2.26 bits per heavy atom. The minimum atomic E-state index is -0.349. The van der Waals surface area contributed by atoms with Crippen molar-refractivity contribution in [1.82, 2.24) is 4.90 Å². The Bertz CT molecular complexity index is 931. The minimum absolute atomic E-state index is 0.342. The lowest BCUT2D eigenvalue weighted by Crippen LogP contribution is -2.40. The van der Waals surface area contributed by atoms with Gasteiger partial charge in [0.05, 0.1) is 29.5 Å². The first-order chi connectivity index (χ1) is 13.1. The summed E-state index contributed by atoms with van der Waals surface area (Å²) in [6, 6.07) is 14.5. The number of rotatable bonds is 3. The number of carbonyl (C=O) groups is 2. The van der Waals surface area contributed by atoms with Crippen LogP contribution in [0.15, 0.2) is 54.2 Å². The van der Waals surface area contributed by atoms with E-state index in [0.717, 1.165) is 11.1 Å². The number of ether oxygens (including phenoxy) is 1. The summed E-state index contributed by atoms with van der Waals surface area (Å²) in [5.74, 6) is -0.691. The summed E-state index contributed by atoms with van der Waals surface area (Å²) in [5, 5.41) is 0.366. The van der Waals surface area contributed by atoms with Gasteiger partial charge in [0.25, 0.3) is 11.8 Å². The average molecular weight is 383 g/mol. The molecule has 27 heavy (non-hydrogen) atoms. The molecule has 6 heteroatoms. The molecular formula is C21H19ClN2O3. The molecule has 2 aliphatic rings. The van der Waals surface area contributed by atoms with Crippen molar-refractivity contribution in [3.05, 3.63) is 70.4 Å². The van der Waals surface area contributed by atoms with Gasteiger partial charge in [-0.15, -0.1) is 0 Å². The molecule has 5 nitrogen and oxygen atoms in total. The van der Waals surface area contributed by atoms with Crippen LogP contribution in [0.2, 0.25) is 5.02 Å². The summed E-state index contributed by atoms with van der Waals surface area (Å²) in [6.45, 7) is 4.18. The number of halogens is 1. The van der Waals surface area contributed by atoms with E-state index in [1.165, 1.54) is 4.90 Å². The van der Waals surface area contributed by atoms with Crippen molar-refractivity contribution < 1.29 is 14.3 Å². The number of imide groups is 1. The molecule has 0 spiro atoms. The van der Waals surface area contributed by atoms with Crippen molar-refractivity contribution in [1.29, 1.82) is 0 Å². The van der Waals surface area contributed by atoms with Gasteiger partial charge < -0.3 is 9.64 Å². The molecule has 2 aromatic carbocycles. The van der Waals surface area contributed by atoms with Crippen molar-refractivity contribution in [3.63, 3.8) is 0 Å². The minimum Gasteiger partial charge on any atom is -0.378 e. The normalized spacial score (nSPS) is 17.9. The van der Waals surface area contributed by atoms with Gasteiger partial charge in [0.2, 0.25) is 0 Å². The molecule has 0 N–H and O–H groups in total. The van der Waals surface area contributed by atoms with Crippen LogP contribution in [0.4, 0.5) is 5.69 Å². The predicted octanol–water partition coefficient (Wildman–Crippen LogP) is 3.27. The first-order valence-electron chi connectivity index (χ1n) is 8.85. The van der Waals surface area contributed by atoms with Gasteiger partial charge in [0.15, 0.2) is 0 Å². The number of para-hydroxylation sites is 1. The quantitative estimate of drug-likeness (QED) is 0.764. The zero-order chi connectivity index (χ0) is 19.0. The van der Waals surface area contributed by atoms with E-state index >= 15 is 0 Å². The Morgan fingerprint density at radius 1 is 0.926 bits per heavy atom. The van der Waals surface area contributed by atoms with Crippen molar-refractivity contribution in [3.8, 4) is 0 Å². The number of carbonyl (C=O) groups excluding carboxylic acids is 2. The maximum absolute atomic E-state index is 13.3. The molecule has 4 rings (SSSR count). The molecule has 0 aliphatic carbocycles. The molecule has 0 atom stereocenters. The Labute approximate surface area is 162 Å². The van der Waals surface area contributed by atoms with Crippen LogP contribution in [0, 0.1) is 6.92 Å². The van der Waals surface area contributed by atoms with Crippen LogP contribution in [-0.4, -0.2) is 43.0 Å². The number of hydrogen-bond donors (Lipinski definition) is 0. The summed E-state index contributed by atoms with van der Waals surface area (Å²) in [6.07, 6.45) is 0. The lowest BCUT2D eigenvalue weighted by atomic mass is 10.0. The third-order valence-electron chi connectivity index (χ3n) is 4.82. The fourth-order valence-corrected chi connectivity index (χ4v) is 3.65. The first-order valence-corrected chi connectivity index (χ1v) is 9.23. The lowest BCUT2D eigenvalue weighted by molar-refractivity contribution is -0.121. The van der Waals surface area contributed by atoms with Crippen molar-refractivity contribution in [2.75, 3.05) is 31.2 Å². The maximum Gasteiger partial charge on any atom is 0.282 e. The number of morpholine rings is 1. The van der Waals surface area contributed by atoms with Crippen LogP contribution >= 0.6 is 11.6 Å². The van der Waals surface area contributed by atoms with E-state index in [0.29, 0.717) is 48.3 Å². The topological polar surface area (TPSA) is 49.9 Å². The molecule has 0 saturated carbocycles. The molecule has 1 saturated heterocycles. The average Bonchev–Trinajstić information content (AvgIpc) is 2.94. The molecule has 2 amide bonds. The summed E-state index contributed by atoms with van der Waals surface area (Å²) >= 11 is 6.28. The predicted molar refractivity (Wildman–Crippen MR) is 104 cm³/mol. The Kier molecular flexibility index (Phi) is 4.72. The maximum atomic E-state index is 13.3. The Morgan fingerprint density at radius 2 is 1.59 bits per heavy atom. The van der Waals surface area contributed by atoms with E-state index in [-0.39, 0.29) is 11.8 Å². The van der Waals surface area contributed by atoms with Crippen LogP contribution in [-0.2, 0) is 14.3 Å². The highest BCUT2D eigenvalue weighted by Gasteiger charge is 2.43. The van der Waals surface area contributed by atoms with E-state index in [4.69, 9.17) is 16.3 Å². The zero-order valence-electron chi connectivity index (χ0n) is 14.9. The summed E-state index contributed by atoms with van der Waals surface area (Å²) in [5.41, 5.74) is 3.07. The number of aryl methyl sites for hydroxylation is 1. The van der Waals surface area contributed by atoms with E-state index in [9.17, 15) is 9.59 Å². The summed E-state index contributed by atoms with van der Waals surface area (Å²) in [7, 11) is 0. The third kappa shape index (κ3) is 3.13. The van der Waals surface area contributed by atoms with Gasteiger partial charge in [-0.25, -0.2) is 4.90 Å². The second kappa shape index (κ2) is 7.18. The number of amides is 2. The van der Waals surface area contributed by atoms with Crippen LogP contribution in [0.25, 0.3) is 5.57 Å². The summed E-state index contributed by atoms with van der Waals surface area (Å²) in [4.78, 5) is 29.8. The van der Waals surface area contributed by atoms with Gasteiger partial charge in [0, 0.05) is 13.1 Å². The summed E-state index contributed by atoms with van der Waals surface area (Å²) < 4.78 is 5.41. The van der Waals surface area contributed by atoms with Crippen LogP contribution in [0.5, 0.6) is 0 Å². The number of hydrogen-bond acceptors (Lipinski definition) is 4. The molecule has 2 aliphatic heterocycles. The van der Waals surface area contributed by atoms with Crippen LogP contribution in [0.3, 0.4) is 0 Å². The molecule has 0 bridgehead atoms. The van der Waals surface area contributed by atoms with Crippen molar-refractivity contribution in [2.45, 2.75) is 6.92 Å². The van der Waals surface area contributed by atoms with E-state index in [1.54, 1.807) is 24.3 Å². The van der Waals surface area contributed by atoms with Crippen molar-refractivity contribution in [2.24, 2.45) is 0 Å². The van der Waals surface area contributed by atoms with Gasteiger partial charge in [-0.3, -0.25) is 9.59 Å². The molecule has 2 heterocycles. The lowest BCUT2D eigenvalue weighted by Gasteiger charge is -2.29. The molecule has 1 fully saturated rings. The largest absolute Gasteiger partial charge is 0.378 e. The van der Waals surface area contributed by atoms with Crippen LogP contribution in [0.1, 0.15) is 11.1 Å². The number of nitrogens with zero attached hydrogens (tertiary/aromatic N) is 2. The van der Waals surface area contributed by atoms with E-state index in [1.807, 2.05) is 36.1 Å². The Hall–Kier alpha value is -2.63. The van der Waals surface area contributed by atoms with Gasteiger partial charge in [-0.2, -0.15) is 0 Å². The SMILES string of the molecule is Cc1ccc(C2=C(N3CCOCC3)C(=O)N(c3ccccc3Cl)C2=O)cc1. The second-order valence-electron chi connectivity index (χ2n) is 6.59. The first kappa shape index (κ1) is 17.8. The molecule has 0 aromatic heterocycles. The highest BCUT2D eigenvalue weighted by Crippen LogP contribution is 2.37. The van der Waals surface area contributed by atoms with Gasteiger partial charge in [0.1, 0.15) is 5.70 Å². The second-order valence-corrected chi connectivity index (χ2v) is 6.99. The number of anilines is 1. The van der Waals surface area contributed by atoms with E-state index < -0.39 is 0 Å². The highest BCUT2D eigenvalue weighted by molar-refractivity contribution is 6.47. The third-order valence-corrected chi connectivity index (χ3v) is 5.14. The number of benzene rings is 2. The molecule has 0 radical (unpaired) electrons. The molecule has 2 aromatic rings. The molecule has 0 unspecified atom stereocenters. The fourth-order valence-electron chi connectivity index (χ4n) is 3.43. The molecule has 138 valence electrons. The molecular weight excluding hydrogens is 364 g/mol. The van der Waals surface area contributed by atoms with Gasteiger partial charge in [-0.05, 0) is 24.6 Å². The highest BCUT2D eigenvalue weighted by atomic mass is 35.5.